The van der Waals surface area contributed by atoms with Gasteiger partial charge < -0.3 is 25.1 Å². The average Bonchev–Trinajstić information content (AvgIpc) is 3.14. The average molecular weight is 390 g/mol. The maximum absolute atomic E-state index is 12.3. The minimum Gasteiger partial charge on any atom is -0.504 e. The van der Waals surface area contributed by atoms with E-state index in [2.05, 4.69) is 15.5 Å². The standard InChI is InChI=1S/C18H22N4O6/c1-27-7-3-6-22-17(25)15(16(24)19-18(22)26)12-9-11(20-21-12)10-4-5-13(23)14(8-10)28-2/h4-5,8,11,20,23,25H,3,6-7,9H2,1-2H3,(H,19,24,26). The minimum absolute atomic E-state index is 0.0163. The Bertz CT molecular complexity index is 1010. The van der Waals surface area contributed by atoms with Crippen LogP contribution in [0.15, 0.2) is 32.9 Å². The van der Waals surface area contributed by atoms with E-state index in [1.165, 1.54) is 20.3 Å². The van der Waals surface area contributed by atoms with Crippen LogP contribution in [-0.4, -0.2) is 46.3 Å². The Labute approximate surface area is 160 Å². The quantitative estimate of drug-likeness (QED) is 0.503. The summed E-state index contributed by atoms with van der Waals surface area (Å²) in [5.74, 6) is -0.0860. The van der Waals surface area contributed by atoms with Crippen LogP contribution in [0.25, 0.3) is 0 Å². The number of rotatable bonds is 7. The summed E-state index contributed by atoms with van der Waals surface area (Å²) in [6.07, 6.45) is 0.803. The number of hydrazone groups is 1. The van der Waals surface area contributed by atoms with Crippen molar-refractivity contribution in [2.75, 3.05) is 20.8 Å². The van der Waals surface area contributed by atoms with Gasteiger partial charge in [0.25, 0.3) is 5.56 Å². The van der Waals surface area contributed by atoms with Crippen LogP contribution in [0.2, 0.25) is 0 Å². The van der Waals surface area contributed by atoms with Gasteiger partial charge in [-0.25, -0.2) is 4.79 Å². The first-order chi connectivity index (χ1) is 13.5. The number of aromatic nitrogens is 2. The number of H-pyrrole nitrogens is 1. The molecule has 10 heteroatoms. The molecule has 0 aliphatic carbocycles. The molecule has 0 saturated heterocycles. The fraction of sp³-hybridized carbons (Fsp3) is 0.389. The van der Waals surface area contributed by atoms with Crippen LogP contribution in [0.5, 0.6) is 17.4 Å². The number of methoxy groups -OCH3 is 2. The number of hydrogen-bond donors (Lipinski definition) is 4. The van der Waals surface area contributed by atoms with Gasteiger partial charge in [0.2, 0.25) is 5.88 Å². The third-order valence-corrected chi connectivity index (χ3v) is 4.55. The van der Waals surface area contributed by atoms with Crippen LogP contribution in [0.4, 0.5) is 0 Å². The zero-order valence-electron chi connectivity index (χ0n) is 15.6. The Kier molecular flexibility index (Phi) is 5.69. The van der Waals surface area contributed by atoms with Crippen molar-refractivity contribution in [1.29, 1.82) is 0 Å². The topological polar surface area (TPSA) is 138 Å². The van der Waals surface area contributed by atoms with Crippen molar-refractivity contribution < 1.29 is 19.7 Å². The van der Waals surface area contributed by atoms with Gasteiger partial charge in [0.05, 0.1) is 18.9 Å². The van der Waals surface area contributed by atoms with Gasteiger partial charge in [-0.3, -0.25) is 14.3 Å². The first kappa shape index (κ1) is 19.5. The Morgan fingerprint density at radius 2 is 2.07 bits per heavy atom. The van der Waals surface area contributed by atoms with Crippen molar-refractivity contribution >= 4 is 5.71 Å². The largest absolute Gasteiger partial charge is 0.504 e. The molecule has 10 nitrogen and oxygen atoms in total. The van der Waals surface area contributed by atoms with Crippen molar-refractivity contribution in [3.05, 3.63) is 50.2 Å². The van der Waals surface area contributed by atoms with Gasteiger partial charge in [0.1, 0.15) is 5.56 Å². The van der Waals surface area contributed by atoms with Gasteiger partial charge in [-0.15, -0.1) is 0 Å². The van der Waals surface area contributed by atoms with Gasteiger partial charge in [-0.1, -0.05) is 6.07 Å². The summed E-state index contributed by atoms with van der Waals surface area (Å²) in [5.41, 5.74) is 2.60. The number of hydrogen-bond acceptors (Lipinski definition) is 8. The summed E-state index contributed by atoms with van der Waals surface area (Å²) in [7, 11) is 2.99. The molecule has 1 aliphatic heterocycles. The number of phenolic OH excluding ortho intramolecular Hbond substituents is 1. The summed E-state index contributed by atoms with van der Waals surface area (Å²) in [5, 5.41) is 24.4. The van der Waals surface area contributed by atoms with Gasteiger partial charge in [-0.05, 0) is 24.1 Å². The van der Waals surface area contributed by atoms with Crippen LogP contribution < -0.4 is 21.4 Å². The van der Waals surface area contributed by atoms with E-state index in [-0.39, 0.29) is 23.9 Å². The van der Waals surface area contributed by atoms with Crippen molar-refractivity contribution in [2.24, 2.45) is 5.10 Å². The smallest absolute Gasteiger partial charge is 0.331 e. The molecule has 2 heterocycles. The van der Waals surface area contributed by atoms with E-state index in [9.17, 15) is 19.8 Å². The molecule has 1 unspecified atom stereocenters. The number of benzene rings is 1. The van der Waals surface area contributed by atoms with E-state index >= 15 is 0 Å². The molecular formula is C18H22N4O6. The van der Waals surface area contributed by atoms with E-state index in [1.54, 1.807) is 12.1 Å². The number of aromatic hydroxyl groups is 2. The summed E-state index contributed by atoms with van der Waals surface area (Å²) in [6.45, 7) is 0.606. The second-order valence-electron chi connectivity index (χ2n) is 6.33. The second kappa shape index (κ2) is 8.17. The van der Waals surface area contributed by atoms with Crippen LogP contribution in [0.1, 0.15) is 30.0 Å². The molecular weight excluding hydrogens is 368 g/mol. The molecule has 1 aromatic carbocycles. The highest BCUT2D eigenvalue weighted by Gasteiger charge is 2.27. The lowest BCUT2D eigenvalue weighted by atomic mass is 9.99. The van der Waals surface area contributed by atoms with Crippen molar-refractivity contribution in [3.8, 4) is 17.4 Å². The molecule has 3 rings (SSSR count). The number of aromatic amines is 1. The van der Waals surface area contributed by atoms with Gasteiger partial charge in [0, 0.05) is 26.7 Å². The molecule has 1 aromatic heterocycles. The van der Waals surface area contributed by atoms with Crippen molar-refractivity contribution in [1.82, 2.24) is 15.0 Å². The van der Waals surface area contributed by atoms with Crippen LogP contribution in [0.3, 0.4) is 0 Å². The third-order valence-electron chi connectivity index (χ3n) is 4.55. The number of nitrogens with one attached hydrogen (secondary N) is 2. The Hall–Kier alpha value is -3.27. The Morgan fingerprint density at radius 3 is 2.79 bits per heavy atom. The predicted molar refractivity (Wildman–Crippen MR) is 101 cm³/mol. The fourth-order valence-corrected chi connectivity index (χ4v) is 3.10. The van der Waals surface area contributed by atoms with Crippen molar-refractivity contribution in [2.45, 2.75) is 25.4 Å². The van der Waals surface area contributed by atoms with E-state index in [1.807, 2.05) is 0 Å². The predicted octanol–water partition coefficient (Wildman–Crippen LogP) is 0.432. The summed E-state index contributed by atoms with van der Waals surface area (Å²) in [4.78, 5) is 26.5. The van der Waals surface area contributed by atoms with E-state index in [0.717, 1.165) is 10.1 Å². The SMILES string of the molecule is COCCCn1c(O)c(C2=NNC(c3ccc(O)c(OC)c3)C2)c(=O)[nH]c1=O. The highest BCUT2D eigenvalue weighted by atomic mass is 16.5. The lowest BCUT2D eigenvalue weighted by molar-refractivity contribution is 0.188. The van der Waals surface area contributed by atoms with Gasteiger partial charge in [-0.2, -0.15) is 5.10 Å². The van der Waals surface area contributed by atoms with Crippen molar-refractivity contribution in [3.63, 3.8) is 0 Å². The molecule has 0 bridgehead atoms. The fourth-order valence-electron chi connectivity index (χ4n) is 3.10. The Morgan fingerprint density at radius 1 is 1.29 bits per heavy atom. The van der Waals surface area contributed by atoms with Gasteiger partial charge in [0.15, 0.2) is 11.5 Å². The summed E-state index contributed by atoms with van der Waals surface area (Å²) < 4.78 is 11.2. The molecule has 1 aliphatic rings. The summed E-state index contributed by atoms with van der Waals surface area (Å²) in [6, 6.07) is 4.61. The molecule has 2 aromatic rings. The molecule has 1 atom stereocenters. The Balaban J connectivity index is 1.88. The molecule has 0 saturated carbocycles. The second-order valence-corrected chi connectivity index (χ2v) is 6.33. The monoisotopic (exact) mass is 390 g/mol. The number of phenols is 1. The normalized spacial score (nSPS) is 15.9. The molecule has 0 spiro atoms. The van der Waals surface area contributed by atoms with Crippen LogP contribution in [0, 0.1) is 0 Å². The van der Waals surface area contributed by atoms with E-state index in [4.69, 9.17) is 9.47 Å². The zero-order valence-corrected chi connectivity index (χ0v) is 15.6. The number of nitrogens with zero attached hydrogens (tertiary/aromatic N) is 2. The molecule has 0 radical (unpaired) electrons. The van der Waals surface area contributed by atoms with Crippen LogP contribution >= 0.6 is 0 Å². The van der Waals surface area contributed by atoms with Gasteiger partial charge >= 0.3 is 5.69 Å². The summed E-state index contributed by atoms with van der Waals surface area (Å²) >= 11 is 0. The van der Waals surface area contributed by atoms with E-state index in [0.29, 0.717) is 30.9 Å². The zero-order chi connectivity index (χ0) is 20.3. The first-order valence-electron chi connectivity index (χ1n) is 8.70. The molecule has 150 valence electrons. The number of ether oxygens (including phenoxy) is 2. The lowest BCUT2D eigenvalue weighted by Gasteiger charge is -2.13. The first-order valence-corrected chi connectivity index (χ1v) is 8.70. The molecule has 0 amide bonds. The van der Waals surface area contributed by atoms with Crippen LogP contribution in [-0.2, 0) is 11.3 Å². The molecule has 4 N–H and O–H groups in total. The molecule has 0 fully saturated rings. The highest BCUT2D eigenvalue weighted by Crippen LogP contribution is 2.32. The maximum Gasteiger partial charge on any atom is 0.331 e. The van der Waals surface area contributed by atoms with E-state index < -0.39 is 17.1 Å². The minimum atomic E-state index is -0.699. The molecule has 28 heavy (non-hydrogen) atoms. The maximum atomic E-state index is 12.3. The lowest BCUT2D eigenvalue weighted by Crippen LogP contribution is -2.34. The third kappa shape index (κ3) is 3.72. The highest BCUT2D eigenvalue weighted by molar-refractivity contribution is 6.03.